The van der Waals surface area contributed by atoms with Gasteiger partial charge in [-0.1, -0.05) is 12.1 Å². The van der Waals surface area contributed by atoms with Crippen LogP contribution in [0.15, 0.2) is 30.0 Å². The summed E-state index contributed by atoms with van der Waals surface area (Å²) < 4.78 is 0. The van der Waals surface area contributed by atoms with E-state index in [2.05, 4.69) is 5.32 Å². The molecule has 3 atom stereocenters. The van der Waals surface area contributed by atoms with E-state index >= 15 is 0 Å². The van der Waals surface area contributed by atoms with Crippen LogP contribution in [0.3, 0.4) is 0 Å². The summed E-state index contributed by atoms with van der Waals surface area (Å²) in [6.07, 6.45) is -0.438. The van der Waals surface area contributed by atoms with Gasteiger partial charge in [-0.15, -0.1) is 0 Å². The van der Waals surface area contributed by atoms with E-state index in [0.717, 1.165) is 0 Å². The largest absolute Gasteiger partial charge is 0.477 e. The third-order valence-electron chi connectivity index (χ3n) is 4.76. The Morgan fingerprint density at radius 3 is 2.48 bits per heavy atom. The Balaban J connectivity index is 1.92. The van der Waals surface area contributed by atoms with Gasteiger partial charge in [0.15, 0.2) is 0 Å². The maximum Gasteiger partial charge on any atom is 0.352 e. The van der Waals surface area contributed by atoms with Crippen molar-refractivity contribution in [2.75, 3.05) is 6.54 Å². The number of carbonyl (C=O) groups excluding carboxylic acids is 2. The molecule has 7 heteroatoms. The molecule has 1 fully saturated rings. The number of aliphatic hydroxyl groups is 1. The van der Waals surface area contributed by atoms with Crippen molar-refractivity contribution < 1.29 is 24.6 Å². The first kappa shape index (κ1) is 17.2. The van der Waals surface area contributed by atoms with E-state index in [1.807, 2.05) is 6.92 Å². The number of amides is 2. The fraction of sp³-hybridized carbons (Fsp3) is 0.389. The Morgan fingerprint density at radius 2 is 1.96 bits per heavy atom. The number of hydrogen-bond donors (Lipinski definition) is 3. The standard InChI is InChI=1S/C18H20N2O5/c1-3-19-16(22)11-6-4-10(5-7-11)12-8-13-14(9(2)21)17(23)20(13)15(12)18(24)25/h4-7,9,13-14,21H,3,8H2,1-2H3,(H,19,22)(H,24,25). The highest BCUT2D eigenvalue weighted by Crippen LogP contribution is 2.46. The number of carboxylic acids is 1. The minimum Gasteiger partial charge on any atom is -0.477 e. The highest BCUT2D eigenvalue weighted by Gasteiger charge is 2.56. The lowest BCUT2D eigenvalue weighted by molar-refractivity contribution is -0.161. The molecule has 2 heterocycles. The second kappa shape index (κ2) is 6.33. The lowest BCUT2D eigenvalue weighted by Crippen LogP contribution is -2.61. The zero-order valence-corrected chi connectivity index (χ0v) is 14.0. The predicted molar refractivity (Wildman–Crippen MR) is 89.4 cm³/mol. The number of nitrogens with one attached hydrogen (secondary N) is 1. The fourth-order valence-corrected chi connectivity index (χ4v) is 3.61. The minimum atomic E-state index is -1.16. The molecular weight excluding hydrogens is 324 g/mol. The SMILES string of the molecule is CCNC(=O)c1ccc(C2=C(C(=O)O)N3C(=O)C(C(C)O)C3C2)cc1. The predicted octanol–water partition coefficient (Wildman–Crippen LogP) is 0.843. The molecule has 1 aromatic rings. The first-order chi connectivity index (χ1) is 11.9. The van der Waals surface area contributed by atoms with E-state index in [-0.39, 0.29) is 23.6 Å². The van der Waals surface area contributed by atoms with Gasteiger partial charge in [0, 0.05) is 12.1 Å². The summed E-state index contributed by atoms with van der Waals surface area (Å²) >= 11 is 0. The Bertz CT molecular complexity index is 766. The molecular formula is C18H20N2O5. The molecule has 0 aromatic heterocycles. The molecule has 132 valence electrons. The zero-order valence-electron chi connectivity index (χ0n) is 14.0. The van der Waals surface area contributed by atoms with Gasteiger partial charge in [-0.25, -0.2) is 4.79 Å². The molecule has 0 aliphatic carbocycles. The zero-order chi connectivity index (χ0) is 18.3. The number of aliphatic carboxylic acids is 1. The van der Waals surface area contributed by atoms with Crippen LogP contribution in [-0.4, -0.2) is 51.6 Å². The number of carboxylic acid groups (broad SMARTS) is 1. The van der Waals surface area contributed by atoms with Gasteiger partial charge in [0.25, 0.3) is 5.91 Å². The highest BCUT2D eigenvalue weighted by atomic mass is 16.4. The summed E-state index contributed by atoms with van der Waals surface area (Å²) in [5.41, 5.74) is 1.67. The molecule has 25 heavy (non-hydrogen) atoms. The van der Waals surface area contributed by atoms with E-state index < -0.39 is 18.0 Å². The summed E-state index contributed by atoms with van der Waals surface area (Å²) in [5.74, 6) is -2.28. The maximum absolute atomic E-state index is 12.2. The van der Waals surface area contributed by atoms with Crippen LogP contribution in [0.25, 0.3) is 5.57 Å². The smallest absolute Gasteiger partial charge is 0.352 e. The number of fused-ring (bicyclic) bond motifs is 1. The van der Waals surface area contributed by atoms with Crippen LogP contribution in [0, 0.1) is 5.92 Å². The third-order valence-corrected chi connectivity index (χ3v) is 4.76. The quantitative estimate of drug-likeness (QED) is 0.686. The van der Waals surface area contributed by atoms with Gasteiger partial charge in [0.05, 0.1) is 18.1 Å². The van der Waals surface area contributed by atoms with Crippen molar-refractivity contribution in [2.45, 2.75) is 32.4 Å². The minimum absolute atomic E-state index is 0.0299. The number of benzene rings is 1. The van der Waals surface area contributed by atoms with Gasteiger partial charge >= 0.3 is 5.97 Å². The molecule has 1 aromatic carbocycles. The van der Waals surface area contributed by atoms with Crippen LogP contribution in [0.2, 0.25) is 0 Å². The third kappa shape index (κ3) is 2.70. The Kier molecular flexibility index (Phi) is 4.34. The first-order valence-electron chi connectivity index (χ1n) is 8.23. The summed E-state index contributed by atoms with van der Waals surface area (Å²) in [4.78, 5) is 37.0. The number of hydrogen-bond acceptors (Lipinski definition) is 4. The van der Waals surface area contributed by atoms with Gasteiger partial charge in [-0.3, -0.25) is 9.59 Å². The van der Waals surface area contributed by atoms with Crippen molar-refractivity contribution in [2.24, 2.45) is 5.92 Å². The average Bonchev–Trinajstić information content (AvgIpc) is 2.90. The maximum atomic E-state index is 12.2. The molecule has 0 spiro atoms. The highest BCUT2D eigenvalue weighted by molar-refractivity contribution is 6.06. The van der Waals surface area contributed by atoms with Crippen molar-refractivity contribution in [3.63, 3.8) is 0 Å². The van der Waals surface area contributed by atoms with Crippen LogP contribution in [0.5, 0.6) is 0 Å². The average molecular weight is 344 g/mol. The number of rotatable bonds is 5. The van der Waals surface area contributed by atoms with Crippen LogP contribution >= 0.6 is 0 Å². The summed E-state index contributed by atoms with van der Waals surface area (Å²) in [6, 6.07) is 6.33. The molecule has 0 saturated carbocycles. The molecule has 0 radical (unpaired) electrons. The van der Waals surface area contributed by atoms with Crippen molar-refractivity contribution in [3.8, 4) is 0 Å². The Morgan fingerprint density at radius 1 is 1.32 bits per heavy atom. The molecule has 3 rings (SSSR count). The summed E-state index contributed by atoms with van der Waals surface area (Å²) in [6.45, 7) is 3.89. The van der Waals surface area contributed by atoms with Gasteiger partial charge in [0.2, 0.25) is 5.91 Å². The molecule has 0 bridgehead atoms. The number of carbonyl (C=O) groups is 3. The van der Waals surface area contributed by atoms with E-state index in [1.165, 1.54) is 4.90 Å². The van der Waals surface area contributed by atoms with Crippen molar-refractivity contribution in [1.82, 2.24) is 10.2 Å². The van der Waals surface area contributed by atoms with Gasteiger partial charge in [0.1, 0.15) is 5.70 Å². The van der Waals surface area contributed by atoms with Gasteiger partial charge in [-0.2, -0.15) is 0 Å². The summed E-state index contributed by atoms with van der Waals surface area (Å²) in [7, 11) is 0. The number of β-lactam (4-membered cyclic amide) rings is 1. The van der Waals surface area contributed by atoms with E-state index in [4.69, 9.17) is 0 Å². The topological polar surface area (TPSA) is 107 Å². The van der Waals surface area contributed by atoms with Crippen LogP contribution in [0.4, 0.5) is 0 Å². The fourth-order valence-electron chi connectivity index (χ4n) is 3.61. The Hall–Kier alpha value is -2.67. The van der Waals surface area contributed by atoms with Gasteiger partial charge < -0.3 is 20.4 Å². The van der Waals surface area contributed by atoms with Gasteiger partial charge in [-0.05, 0) is 43.5 Å². The van der Waals surface area contributed by atoms with Crippen LogP contribution in [0.1, 0.15) is 36.2 Å². The molecule has 2 aliphatic rings. The molecule has 3 unspecified atom stereocenters. The molecule has 3 N–H and O–H groups in total. The second-order valence-corrected chi connectivity index (χ2v) is 6.32. The molecule has 2 amide bonds. The number of aliphatic hydroxyl groups excluding tert-OH is 1. The molecule has 2 aliphatic heterocycles. The van der Waals surface area contributed by atoms with E-state index in [9.17, 15) is 24.6 Å². The first-order valence-corrected chi connectivity index (χ1v) is 8.23. The summed E-state index contributed by atoms with van der Waals surface area (Å²) in [5, 5.41) is 22.0. The number of nitrogens with zero attached hydrogens (tertiary/aromatic N) is 1. The second-order valence-electron chi connectivity index (χ2n) is 6.32. The Labute approximate surface area is 144 Å². The molecule has 7 nitrogen and oxygen atoms in total. The van der Waals surface area contributed by atoms with E-state index in [0.29, 0.717) is 29.7 Å². The van der Waals surface area contributed by atoms with Crippen LogP contribution in [-0.2, 0) is 9.59 Å². The lowest BCUT2D eigenvalue weighted by Gasteiger charge is -2.44. The van der Waals surface area contributed by atoms with Crippen molar-refractivity contribution in [1.29, 1.82) is 0 Å². The lowest BCUT2D eigenvalue weighted by atomic mass is 9.82. The van der Waals surface area contributed by atoms with E-state index in [1.54, 1.807) is 31.2 Å². The van der Waals surface area contributed by atoms with Crippen LogP contribution < -0.4 is 5.32 Å². The van der Waals surface area contributed by atoms with Crippen molar-refractivity contribution >= 4 is 23.4 Å². The molecule has 1 saturated heterocycles. The van der Waals surface area contributed by atoms with Crippen molar-refractivity contribution in [3.05, 3.63) is 41.1 Å². The monoisotopic (exact) mass is 344 g/mol. The normalized spacial score (nSPS) is 23.2.